The lowest BCUT2D eigenvalue weighted by Crippen LogP contribution is -2.36. The molecule has 2 aromatic rings. The first kappa shape index (κ1) is 13.9. The molecule has 1 amide bonds. The average Bonchev–Trinajstić information content (AvgIpc) is 2.98. The van der Waals surface area contributed by atoms with Crippen molar-refractivity contribution in [3.63, 3.8) is 0 Å². The van der Waals surface area contributed by atoms with Crippen LogP contribution in [0.15, 0.2) is 30.5 Å². The number of H-pyrrole nitrogens is 1. The van der Waals surface area contributed by atoms with Gasteiger partial charge < -0.3 is 5.32 Å². The van der Waals surface area contributed by atoms with E-state index in [4.69, 9.17) is 0 Å². The summed E-state index contributed by atoms with van der Waals surface area (Å²) >= 11 is 0. The Hall–Kier alpha value is -2.10. The number of aryl methyl sites for hydroxylation is 1. The van der Waals surface area contributed by atoms with E-state index in [0.29, 0.717) is 11.6 Å². The predicted octanol–water partition coefficient (Wildman–Crippen LogP) is 3.45. The second kappa shape index (κ2) is 6.12. The van der Waals surface area contributed by atoms with Gasteiger partial charge in [0.25, 0.3) is 5.91 Å². The van der Waals surface area contributed by atoms with E-state index >= 15 is 0 Å². The van der Waals surface area contributed by atoms with Crippen LogP contribution in [-0.2, 0) is 0 Å². The smallest absolute Gasteiger partial charge is 0.255 e. The second-order valence-corrected chi connectivity index (χ2v) is 5.84. The van der Waals surface area contributed by atoms with Crippen molar-refractivity contribution < 1.29 is 4.79 Å². The van der Waals surface area contributed by atoms with Crippen LogP contribution in [0.25, 0.3) is 11.3 Å². The van der Waals surface area contributed by atoms with Crippen LogP contribution in [-0.4, -0.2) is 22.1 Å². The summed E-state index contributed by atoms with van der Waals surface area (Å²) in [5.74, 6) is -0.0212. The molecule has 0 bridgehead atoms. The Kier molecular flexibility index (Phi) is 4.04. The molecule has 3 rings (SSSR count). The minimum absolute atomic E-state index is 0.0212. The van der Waals surface area contributed by atoms with Gasteiger partial charge in [-0.1, -0.05) is 43.0 Å². The molecule has 1 heterocycles. The highest BCUT2D eigenvalue weighted by Gasteiger charge is 2.20. The molecule has 4 heteroatoms. The molecule has 1 aliphatic rings. The van der Waals surface area contributed by atoms with E-state index in [0.717, 1.165) is 24.1 Å². The first-order valence-electron chi connectivity index (χ1n) is 7.65. The summed E-state index contributed by atoms with van der Waals surface area (Å²) in [7, 11) is 0. The lowest BCUT2D eigenvalue weighted by atomic mass is 9.95. The number of aromatic nitrogens is 2. The van der Waals surface area contributed by atoms with Crippen LogP contribution in [0.2, 0.25) is 0 Å². The fourth-order valence-corrected chi connectivity index (χ4v) is 2.99. The van der Waals surface area contributed by atoms with Gasteiger partial charge in [-0.25, -0.2) is 0 Å². The minimum atomic E-state index is -0.0212. The van der Waals surface area contributed by atoms with Gasteiger partial charge in [0.15, 0.2) is 0 Å². The number of benzene rings is 1. The largest absolute Gasteiger partial charge is 0.349 e. The number of nitrogens with zero attached hydrogens (tertiary/aromatic N) is 1. The summed E-state index contributed by atoms with van der Waals surface area (Å²) in [5, 5.41) is 10.2. The maximum absolute atomic E-state index is 12.5. The zero-order valence-electron chi connectivity index (χ0n) is 12.4. The maximum Gasteiger partial charge on any atom is 0.255 e. The highest BCUT2D eigenvalue weighted by atomic mass is 16.1. The molecule has 110 valence electrons. The van der Waals surface area contributed by atoms with E-state index in [1.807, 2.05) is 25.1 Å². The molecule has 0 aliphatic heterocycles. The van der Waals surface area contributed by atoms with E-state index < -0.39 is 0 Å². The number of hydrogen-bond donors (Lipinski definition) is 2. The Morgan fingerprint density at radius 1 is 1.29 bits per heavy atom. The molecule has 0 spiro atoms. The van der Waals surface area contributed by atoms with Crippen molar-refractivity contribution in [3.05, 3.63) is 41.6 Å². The first-order valence-corrected chi connectivity index (χ1v) is 7.65. The average molecular weight is 283 g/mol. The number of rotatable bonds is 3. The summed E-state index contributed by atoms with van der Waals surface area (Å²) in [4.78, 5) is 12.5. The highest BCUT2D eigenvalue weighted by molar-refractivity contribution is 5.99. The van der Waals surface area contributed by atoms with Crippen LogP contribution in [0.3, 0.4) is 0 Å². The van der Waals surface area contributed by atoms with Crippen molar-refractivity contribution in [1.82, 2.24) is 15.5 Å². The molecular formula is C17H21N3O. The number of carbonyl (C=O) groups is 1. The van der Waals surface area contributed by atoms with Crippen molar-refractivity contribution in [2.45, 2.75) is 45.1 Å². The molecule has 0 saturated heterocycles. The molecule has 4 nitrogen and oxygen atoms in total. The van der Waals surface area contributed by atoms with E-state index in [-0.39, 0.29) is 5.91 Å². The number of aromatic amines is 1. The van der Waals surface area contributed by atoms with E-state index in [2.05, 4.69) is 21.6 Å². The first-order chi connectivity index (χ1) is 10.2. The molecule has 1 aromatic carbocycles. The van der Waals surface area contributed by atoms with Gasteiger partial charge in [-0.05, 0) is 25.8 Å². The van der Waals surface area contributed by atoms with Gasteiger partial charge in [-0.15, -0.1) is 0 Å². The lowest BCUT2D eigenvalue weighted by molar-refractivity contribution is 0.0928. The summed E-state index contributed by atoms with van der Waals surface area (Å²) in [6.45, 7) is 2.04. The van der Waals surface area contributed by atoms with Crippen LogP contribution in [0.4, 0.5) is 0 Å². The summed E-state index contributed by atoms with van der Waals surface area (Å²) in [6.07, 6.45) is 7.50. The van der Waals surface area contributed by atoms with E-state index in [9.17, 15) is 4.79 Å². The lowest BCUT2D eigenvalue weighted by Gasteiger charge is -2.22. The summed E-state index contributed by atoms with van der Waals surface area (Å²) in [6, 6.07) is 8.41. The number of nitrogens with one attached hydrogen (secondary N) is 2. The molecule has 1 fully saturated rings. The third-order valence-electron chi connectivity index (χ3n) is 4.13. The Bertz CT molecular complexity index is 626. The fraction of sp³-hybridized carbons (Fsp3) is 0.412. The third kappa shape index (κ3) is 3.15. The zero-order valence-corrected chi connectivity index (χ0v) is 12.4. The normalized spacial score (nSPS) is 15.9. The zero-order chi connectivity index (χ0) is 14.7. The molecule has 1 aromatic heterocycles. The summed E-state index contributed by atoms with van der Waals surface area (Å²) < 4.78 is 0. The monoisotopic (exact) mass is 283 g/mol. The maximum atomic E-state index is 12.5. The van der Waals surface area contributed by atoms with Gasteiger partial charge in [0.1, 0.15) is 0 Å². The molecule has 0 atom stereocenters. The van der Waals surface area contributed by atoms with Gasteiger partial charge in [0.05, 0.1) is 17.5 Å². The molecule has 21 heavy (non-hydrogen) atoms. The van der Waals surface area contributed by atoms with Gasteiger partial charge in [0, 0.05) is 11.6 Å². The second-order valence-electron chi connectivity index (χ2n) is 5.84. The number of amides is 1. The molecule has 1 aliphatic carbocycles. The SMILES string of the molecule is Cc1cccc(-c2[nH]ncc2C(=O)NC2CCCCC2)c1. The van der Waals surface area contributed by atoms with Crippen molar-refractivity contribution in [2.24, 2.45) is 0 Å². The molecule has 2 N–H and O–H groups in total. The van der Waals surface area contributed by atoms with Crippen LogP contribution >= 0.6 is 0 Å². The number of carbonyl (C=O) groups excluding carboxylic acids is 1. The van der Waals surface area contributed by atoms with Crippen molar-refractivity contribution >= 4 is 5.91 Å². The molecule has 1 saturated carbocycles. The van der Waals surface area contributed by atoms with Gasteiger partial charge in [-0.3, -0.25) is 9.89 Å². The predicted molar refractivity (Wildman–Crippen MR) is 83.1 cm³/mol. The van der Waals surface area contributed by atoms with Crippen molar-refractivity contribution in [1.29, 1.82) is 0 Å². The van der Waals surface area contributed by atoms with Gasteiger partial charge >= 0.3 is 0 Å². The minimum Gasteiger partial charge on any atom is -0.349 e. The highest BCUT2D eigenvalue weighted by Crippen LogP contribution is 2.23. The van der Waals surface area contributed by atoms with E-state index in [1.165, 1.54) is 24.8 Å². The van der Waals surface area contributed by atoms with Crippen molar-refractivity contribution in [2.75, 3.05) is 0 Å². The molecule has 0 unspecified atom stereocenters. The van der Waals surface area contributed by atoms with Crippen LogP contribution in [0.5, 0.6) is 0 Å². The van der Waals surface area contributed by atoms with Crippen LogP contribution in [0.1, 0.15) is 48.0 Å². The Morgan fingerprint density at radius 2 is 2.10 bits per heavy atom. The van der Waals surface area contributed by atoms with Gasteiger partial charge in [-0.2, -0.15) is 5.10 Å². The summed E-state index contributed by atoms with van der Waals surface area (Å²) in [5.41, 5.74) is 3.60. The topological polar surface area (TPSA) is 57.8 Å². The molecule has 0 radical (unpaired) electrons. The van der Waals surface area contributed by atoms with E-state index in [1.54, 1.807) is 6.20 Å². The standard InChI is InChI=1S/C17H21N3O/c1-12-6-5-7-13(10-12)16-15(11-18-20-16)17(21)19-14-8-3-2-4-9-14/h5-7,10-11,14H,2-4,8-9H2,1H3,(H,18,20)(H,19,21). The Labute approximate surface area is 125 Å². The van der Waals surface area contributed by atoms with Crippen LogP contribution in [0, 0.1) is 6.92 Å². The number of hydrogen-bond acceptors (Lipinski definition) is 2. The third-order valence-corrected chi connectivity index (χ3v) is 4.13. The molecular weight excluding hydrogens is 262 g/mol. The Morgan fingerprint density at radius 3 is 2.86 bits per heavy atom. The van der Waals surface area contributed by atoms with Crippen molar-refractivity contribution in [3.8, 4) is 11.3 Å². The van der Waals surface area contributed by atoms with Gasteiger partial charge in [0.2, 0.25) is 0 Å². The van der Waals surface area contributed by atoms with Crippen LogP contribution < -0.4 is 5.32 Å². The Balaban J connectivity index is 1.79. The quantitative estimate of drug-likeness (QED) is 0.906. The fourth-order valence-electron chi connectivity index (χ4n) is 2.99.